The van der Waals surface area contributed by atoms with Crippen LogP contribution in [0.3, 0.4) is 0 Å². The van der Waals surface area contributed by atoms with Gasteiger partial charge in [0.05, 0.1) is 0 Å². The molecule has 0 spiro atoms. The van der Waals surface area contributed by atoms with Gasteiger partial charge in [-0.25, -0.2) is 0 Å². The van der Waals surface area contributed by atoms with Gasteiger partial charge in [0.1, 0.15) is 11.3 Å². The summed E-state index contributed by atoms with van der Waals surface area (Å²) < 4.78 is 7.02. The Bertz CT molecular complexity index is 1010. The number of esters is 1. The third kappa shape index (κ3) is 6.09. The van der Waals surface area contributed by atoms with Crippen molar-refractivity contribution in [1.29, 1.82) is 0 Å². The van der Waals surface area contributed by atoms with Crippen molar-refractivity contribution in [3.63, 3.8) is 0 Å². The van der Waals surface area contributed by atoms with Crippen molar-refractivity contribution < 1.29 is 14.3 Å². The van der Waals surface area contributed by atoms with Crippen LogP contribution in [-0.4, -0.2) is 16.4 Å². The number of rotatable bonds is 7. The van der Waals surface area contributed by atoms with Crippen molar-refractivity contribution in [2.45, 2.75) is 78.7 Å². The predicted molar refractivity (Wildman–Crippen MR) is 126 cm³/mol. The van der Waals surface area contributed by atoms with Crippen LogP contribution in [0.25, 0.3) is 0 Å². The van der Waals surface area contributed by atoms with E-state index >= 15 is 0 Å². The molecule has 1 heterocycles. The first kappa shape index (κ1) is 23.8. The first-order valence-electron chi connectivity index (χ1n) is 11.8. The number of aryl methyl sites for hydroxylation is 1. The standard InChI is InChI=1S/C26H34N2O4/c1-4-24(29)32-21-13-11-20(12-14-21)27-25(30)22-17-19-9-7-5-6-8-10-23(19)28(26(22)31)16-15-18(2)3/h11-14,17-18H,4-10,15-16H2,1-3H3,(H,27,30). The summed E-state index contributed by atoms with van der Waals surface area (Å²) in [5.74, 6) is 0.178. The number of pyridine rings is 1. The molecule has 1 amide bonds. The van der Waals surface area contributed by atoms with E-state index in [9.17, 15) is 14.4 Å². The highest BCUT2D eigenvalue weighted by atomic mass is 16.5. The molecule has 2 aromatic rings. The van der Waals surface area contributed by atoms with Crippen molar-refractivity contribution in [1.82, 2.24) is 4.57 Å². The molecule has 1 aliphatic rings. The Morgan fingerprint density at radius 3 is 2.41 bits per heavy atom. The quantitative estimate of drug-likeness (QED) is 0.481. The third-order valence-electron chi connectivity index (χ3n) is 5.91. The number of benzene rings is 1. The monoisotopic (exact) mass is 438 g/mol. The van der Waals surface area contributed by atoms with E-state index in [1.807, 2.05) is 10.6 Å². The van der Waals surface area contributed by atoms with Crippen LogP contribution in [0, 0.1) is 5.92 Å². The van der Waals surface area contributed by atoms with Crippen molar-refractivity contribution in [2.24, 2.45) is 5.92 Å². The first-order chi connectivity index (χ1) is 15.4. The summed E-state index contributed by atoms with van der Waals surface area (Å²) in [5, 5.41) is 2.83. The van der Waals surface area contributed by atoms with Crippen molar-refractivity contribution in [3.8, 4) is 5.75 Å². The lowest BCUT2D eigenvalue weighted by molar-refractivity contribution is -0.134. The van der Waals surface area contributed by atoms with Crippen LogP contribution in [0.1, 0.15) is 80.9 Å². The van der Waals surface area contributed by atoms with E-state index in [1.54, 1.807) is 31.2 Å². The van der Waals surface area contributed by atoms with Crippen LogP contribution < -0.4 is 15.6 Å². The molecular weight excluding hydrogens is 404 g/mol. The average Bonchev–Trinajstić information content (AvgIpc) is 2.75. The van der Waals surface area contributed by atoms with Crippen LogP contribution >= 0.6 is 0 Å². The Morgan fingerprint density at radius 2 is 1.75 bits per heavy atom. The van der Waals surface area contributed by atoms with Crippen LogP contribution in [0.15, 0.2) is 35.1 Å². The zero-order valence-electron chi connectivity index (χ0n) is 19.4. The number of hydrogen-bond donors (Lipinski definition) is 1. The van der Waals surface area contributed by atoms with Gasteiger partial charge in [-0.05, 0) is 73.9 Å². The zero-order chi connectivity index (χ0) is 23.1. The summed E-state index contributed by atoms with van der Waals surface area (Å²) >= 11 is 0. The summed E-state index contributed by atoms with van der Waals surface area (Å²) in [5.41, 5.74) is 2.76. The molecule has 1 aromatic heterocycles. The maximum Gasteiger partial charge on any atom is 0.310 e. The Hall–Kier alpha value is -2.89. The van der Waals surface area contributed by atoms with Crippen LogP contribution in [0.4, 0.5) is 5.69 Å². The first-order valence-corrected chi connectivity index (χ1v) is 11.8. The maximum atomic E-state index is 13.3. The fourth-order valence-corrected chi connectivity index (χ4v) is 4.03. The summed E-state index contributed by atoms with van der Waals surface area (Å²) in [4.78, 5) is 37.8. The number of fused-ring (bicyclic) bond motifs is 1. The van der Waals surface area contributed by atoms with Gasteiger partial charge in [-0.3, -0.25) is 14.4 Å². The van der Waals surface area contributed by atoms with E-state index in [0.29, 0.717) is 30.3 Å². The molecule has 1 aliphatic carbocycles. The number of carbonyl (C=O) groups is 2. The van der Waals surface area contributed by atoms with Gasteiger partial charge < -0.3 is 14.6 Å². The molecule has 6 nitrogen and oxygen atoms in total. The van der Waals surface area contributed by atoms with Crippen LogP contribution in [-0.2, 0) is 24.2 Å². The number of ether oxygens (including phenoxy) is 1. The Kier molecular flexibility index (Phi) is 8.26. The lowest BCUT2D eigenvalue weighted by atomic mass is 9.95. The molecule has 0 unspecified atom stereocenters. The molecule has 0 radical (unpaired) electrons. The van der Waals surface area contributed by atoms with Gasteiger partial charge in [-0.2, -0.15) is 0 Å². The third-order valence-corrected chi connectivity index (χ3v) is 5.91. The zero-order valence-corrected chi connectivity index (χ0v) is 19.4. The second-order valence-corrected chi connectivity index (χ2v) is 8.89. The molecule has 0 saturated heterocycles. The predicted octanol–water partition coefficient (Wildman–Crippen LogP) is 5.12. The minimum atomic E-state index is -0.406. The minimum Gasteiger partial charge on any atom is -0.427 e. The highest BCUT2D eigenvalue weighted by Gasteiger charge is 2.20. The van der Waals surface area contributed by atoms with Crippen LogP contribution in [0.2, 0.25) is 0 Å². The number of anilines is 1. The number of aromatic nitrogens is 1. The van der Waals surface area contributed by atoms with E-state index in [1.165, 1.54) is 12.8 Å². The van der Waals surface area contributed by atoms with Gasteiger partial charge in [0.25, 0.3) is 11.5 Å². The summed E-state index contributed by atoms with van der Waals surface area (Å²) in [6.07, 6.45) is 7.50. The van der Waals surface area contributed by atoms with Gasteiger partial charge >= 0.3 is 5.97 Å². The summed E-state index contributed by atoms with van der Waals surface area (Å²) in [7, 11) is 0. The maximum absolute atomic E-state index is 13.3. The van der Waals surface area contributed by atoms with Gasteiger partial charge in [-0.15, -0.1) is 0 Å². The molecule has 0 saturated carbocycles. The van der Waals surface area contributed by atoms with Crippen LogP contribution in [0.5, 0.6) is 5.75 Å². The molecule has 0 atom stereocenters. The Morgan fingerprint density at radius 1 is 1.06 bits per heavy atom. The second kappa shape index (κ2) is 11.1. The molecule has 0 aliphatic heterocycles. The number of nitrogens with zero attached hydrogens (tertiary/aromatic N) is 1. The topological polar surface area (TPSA) is 77.4 Å². The van der Waals surface area contributed by atoms with E-state index < -0.39 is 5.91 Å². The molecule has 0 fully saturated rings. The van der Waals surface area contributed by atoms with Gasteiger partial charge in [-0.1, -0.05) is 33.6 Å². The lowest BCUT2D eigenvalue weighted by Crippen LogP contribution is -2.33. The molecule has 0 bridgehead atoms. The number of amides is 1. The molecule has 1 N–H and O–H groups in total. The number of carbonyl (C=O) groups excluding carboxylic acids is 2. The minimum absolute atomic E-state index is 0.189. The number of nitrogens with one attached hydrogen (secondary N) is 1. The molecule has 6 heteroatoms. The van der Waals surface area contributed by atoms with Crippen molar-refractivity contribution in [2.75, 3.05) is 5.32 Å². The fraction of sp³-hybridized carbons (Fsp3) is 0.500. The highest BCUT2D eigenvalue weighted by Crippen LogP contribution is 2.22. The Labute approximate surface area is 190 Å². The molecule has 32 heavy (non-hydrogen) atoms. The van der Waals surface area contributed by atoms with Gasteiger partial charge in [0, 0.05) is 24.3 Å². The largest absolute Gasteiger partial charge is 0.427 e. The van der Waals surface area contributed by atoms with E-state index in [4.69, 9.17) is 4.74 Å². The fourth-order valence-electron chi connectivity index (χ4n) is 4.03. The van der Waals surface area contributed by atoms with Gasteiger partial charge in [0.15, 0.2) is 0 Å². The Balaban J connectivity index is 1.88. The SMILES string of the molecule is CCC(=O)Oc1ccc(NC(=O)c2cc3c(n(CCC(C)C)c2=O)CCCCCC3)cc1. The van der Waals surface area contributed by atoms with E-state index in [2.05, 4.69) is 19.2 Å². The number of hydrogen-bond acceptors (Lipinski definition) is 4. The normalized spacial score (nSPS) is 13.8. The summed E-state index contributed by atoms with van der Waals surface area (Å²) in [6.45, 7) is 6.66. The van der Waals surface area contributed by atoms with E-state index in [0.717, 1.165) is 43.4 Å². The smallest absolute Gasteiger partial charge is 0.310 e. The molecule has 172 valence electrons. The lowest BCUT2D eigenvalue weighted by Gasteiger charge is -2.21. The molecule has 1 aromatic carbocycles. The highest BCUT2D eigenvalue weighted by molar-refractivity contribution is 6.04. The van der Waals surface area contributed by atoms with Crippen molar-refractivity contribution in [3.05, 3.63) is 57.5 Å². The second-order valence-electron chi connectivity index (χ2n) is 8.89. The van der Waals surface area contributed by atoms with E-state index in [-0.39, 0.29) is 17.1 Å². The van der Waals surface area contributed by atoms with Gasteiger partial charge in [0.2, 0.25) is 0 Å². The summed E-state index contributed by atoms with van der Waals surface area (Å²) in [6, 6.07) is 8.40. The molecule has 3 rings (SSSR count). The average molecular weight is 439 g/mol. The van der Waals surface area contributed by atoms with Crippen molar-refractivity contribution >= 4 is 17.6 Å². The molecular formula is C26H34N2O4.